The molecule has 0 aliphatic carbocycles. The summed E-state index contributed by atoms with van der Waals surface area (Å²) in [7, 11) is 2.92. The molecule has 1 aromatic rings. The van der Waals surface area contributed by atoms with Crippen molar-refractivity contribution in [2.24, 2.45) is 0 Å². The van der Waals surface area contributed by atoms with E-state index >= 15 is 0 Å². The minimum Gasteiger partial charge on any atom is -0.497 e. The summed E-state index contributed by atoms with van der Waals surface area (Å²) in [5.74, 6) is -0.0964. The number of nitrogens with one attached hydrogen (secondary N) is 1. The number of hydrogen-bond acceptors (Lipinski definition) is 8. The van der Waals surface area contributed by atoms with E-state index in [9.17, 15) is 14.4 Å². The van der Waals surface area contributed by atoms with Crippen LogP contribution in [0.15, 0.2) is 18.2 Å². The van der Waals surface area contributed by atoms with Crippen molar-refractivity contribution in [2.45, 2.75) is 0 Å². The van der Waals surface area contributed by atoms with Crippen molar-refractivity contribution in [2.75, 3.05) is 39.7 Å². The third-order valence-corrected chi connectivity index (χ3v) is 4.89. The molecule has 0 atom stereocenters. The number of carbonyl (C=O) groups is 3. The maximum absolute atomic E-state index is 12.1. The number of methoxy groups -OCH3 is 2. The van der Waals surface area contributed by atoms with Crippen molar-refractivity contribution >= 4 is 46.1 Å². The van der Waals surface area contributed by atoms with Crippen LogP contribution in [0, 0.1) is 0 Å². The summed E-state index contributed by atoms with van der Waals surface area (Å²) in [5, 5.41) is 2.57. The SMILES string of the molecule is COc1ccc(C(=O)OCC(=O)NCCN2C(=O)CSC2=S)c(OC)c1. The van der Waals surface area contributed by atoms with Crippen molar-refractivity contribution in [1.29, 1.82) is 0 Å². The number of esters is 1. The zero-order chi connectivity index (χ0) is 19.1. The average molecular weight is 398 g/mol. The van der Waals surface area contributed by atoms with Gasteiger partial charge < -0.3 is 19.5 Å². The van der Waals surface area contributed by atoms with Crippen LogP contribution in [0.25, 0.3) is 0 Å². The van der Waals surface area contributed by atoms with Crippen LogP contribution in [0.4, 0.5) is 0 Å². The first-order valence-electron chi connectivity index (χ1n) is 7.59. The highest BCUT2D eigenvalue weighted by Gasteiger charge is 2.26. The normalized spacial score (nSPS) is 13.5. The molecule has 2 amide bonds. The first-order valence-corrected chi connectivity index (χ1v) is 8.98. The Kier molecular flexibility index (Phi) is 7.22. The number of ether oxygens (including phenoxy) is 3. The first-order chi connectivity index (χ1) is 12.5. The maximum Gasteiger partial charge on any atom is 0.342 e. The largest absolute Gasteiger partial charge is 0.497 e. The number of nitrogens with zero attached hydrogens (tertiary/aromatic N) is 1. The summed E-state index contributed by atoms with van der Waals surface area (Å²) in [6.45, 7) is 0.0620. The maximum atomic E-state index is 12.1. The van der Waals surface area contributed by atoms with E-state index in [0.29, 0.717) is 15.8 Å². The molecule has 0 radical (unpaired) electrons. The Morgan fingerprint density at radius 3 is 2.69 bits per heavy atom. The van der Waals surface area contributed by atoms with Crippen molar-refractivity contribution in [3.63, 3.8) is 0 Å². The fraction of sp³-hybridized carbons (Fsp3) is 0.375. The van der Waals surface area contributed by atoms with Gasteiger partial charge in [0.1, 0.15) is 21.4 Å². The van der Waals surface area contributed by atoms with Gasteiger partial charge in [-0.25, -0.2) is 4.79 Å². The predicted octanol–water partition coefficient (Wildman–Crippen LogP) is 0.837. The summed E-state index contributed by atoms with van der Waals surface area (Å²) < 4.78 is 15.7. The standard InChI is InChI=1S/C16H18N2O6S2/c1-22-10-3-4-11(12(7-10)23-2)15(21)24-8-13(19)17-5-6-18-14(20)9-26-16(18)25/h3-4,7H,5-6,8-9H2,1-2H3,(H,17,19). The molecule has 0 saturated carbocycles. The average Bonchev–Trinajstić information content (AvgIpc) is 2.97. The number of hydrogen-bond donors (Lipinski definition) is 1. The molecule has 0 aromatic heterocycles. The number of thioether (sulfide) groups is 1. The van der Waals surface area contributed by atoms with Gasteiger partial charge in [-0.05, 0) is 12.1 Å². The highest BCUT2D eigenvalue weighted by atomic mass is 32.2. The molecule has 140 valence electrons. The lowest BCUT2D eigenvalue weighted by molar-refractivity contribution is -0.126. The van der Waals surface area contributed by atoms with Crippen LogP contribution < -0.4 is 14.8 Å². The van der Waals surface area contributed by atoms with Crippen molar-refractivity contribution in [3.8, 4) is 11.5 Å². The zero-order valence-corrected chi connectivity index (χ0v) is 15.9. The van der Waals surface area contributed by atoms with Gasteiger partial charge in [-0.2, -0.15) is 0 Å². The van der Waals surface area contributed by atoms with Gasteiger partial charge in [-0.3, -0.25) is 14.5 Å². The van der Waals surface area contributed by atoms with Crippen LogP contribution >= 0.6 is 24.0 Å². The van der Waals surface area contributed by atoms with Crippen molar-refractivity contribution in [1.82, 2.24) is 10.2 Å². The first kappa shape index (κ1) is 20.0. The molecule has 0 spiro atoms. The molecular formula is C16H18N2O6S2. The quantitative estimate of drug-likeness (QED) is 0.509. The highest BCUT2D eigenvalue weighted by molar-refractivity contribution is 8.23. The Morgan fingerprint density at radius 1 is 1.31 bits per heavy atom. The van der Waals surface area contributed by atoms with Gasteiger partial charge in [0.25, 0.3) is 5.91 Å². The summed E-state index contributed by atoms with van der Waals surface area (Å²) >= 11 is 6.34. The molecule has 2 rings (SSSR count). The van der Waals surface area contributed by atoms with Crippen LogP contribution in [-0.2, 0) is 14.3 Å². The van der Waals surface area contributed by atoms with Crippen LogP contribution in [0.2, 0.25) is 0 Å². The molecule has 1 heterocycles. The molecule has 1 aliphatic rings. The molecule has 26 heavy (non-hydrogen) atoms. The predicted molar refractivity (Wildman–Crippen MR) is 99.6 cm³/mol. The Balaban J connectivity index is 1.79. The molecule has 1 fully saturated rings. The molecule has 1 aliphatic heterocycles. The van der Waals surface area contributed by atoms with Gasteiger partial charge in [0.2, 0.25) is 5.91 Å². The van der Waals surface area contributed by atoms with E-state index < -0.39 is 18.5 Å². The van der Waals surface area contributed by atoms with E-state index in [2.05, 4.69) is 5.32 Å². The topological polar surface area (TPSA) is 94.2 Å². The van der Waals surface area contributed by atoms with E-state index in [1.807, 2.05) is 0 Å². The molecular weight excluding hydrogens is 380 g/mol. The lowest BCUT2D eigenvalue weighted by Gasteiger charge is -2.15. The monoisotopic (exact) mass is 398 g/mol. The summed E-state index contributed by atoms with van der Waals surface area (Å²) in [4.78, 5) is 36.9. The number of benzene rings is 1. The van der Waals surface area contributed by atoms with Crippen molar-refractivity contribution < 1.29 is 28.6 Å². The second kappa shape index (κ2) is 9.39. The van der Waals surface area contributed by atoms with Crippen LogP contribution in [-0.4, -0.2) is 66.7 Å². The lowest BCUT2D eigenvalue weighted by Crippen LogP contribution is -2.38. The highest BCUT2D eigenvalue weighted by Crippen LogP contribution is 2.25. The number of carbonyl (C=O) groups excluding carboxylic acids is 3. The van der Waals surface area contributed by atoms with Gasteiger partial charge in [-0.15, -0.1) is 0 Å². The molecule has 8 nitrogen and oxygen atoms in total. The minimum atomic E-state index is -0.688. The molecule has 0 unspecified atom stereocenters. The molecule has 0 bridgehead atoms. The summed E-state index contributed by atoms with van der Waals surface area (Å²) in [5.41, 5.74) is 0.186. The van der Waals surface area contributed by atoms with E-state index in [4.69, 9.17) is 26.4 Å². The van der Waals surface area contributed by atoms with Crippen LogP contribution in [0.5, 0.6) is 11.5 Å². The second-order valence-electron chi connectivity index (χ2n) is 5.09. The molecule has 1 aromatic carbocycles. The molecule has 10 heteroatoms. The van der Waals surface area contributed by atoms with Crippen LogP contribution in [0.3, 0.4) is 0 Å². The Bertz CT molecular complexity index is 709. The lowest BCUT2D eigenvalue weighted by atomic mass is 10.2. The van der Waals surface area contributed by atoms with Gasteiger partial charge in [0.05, 0.1) is 20.0 Å². The summed E-state index contributed by atoms with van der Waals surface area (Å²) in [6, 6.07) is 4.63. The minimum absolute atomic E-state index is 0.0766. The fourth-order valence-corrected chi connectivity index (χ4v) is 3.25. The summed E-state index contributed by atoms with van der Waals surface area (Å²) in [6.07, 6.45) is 0. The third kappa shape index (κ3) is 5.09. The van der Waals surface area contributed by atoms with Crippen molar-refractivity contribution in [3.05, 3.63) is 23.8 Å². The molecule has 1 N–H and O–H groups in total. The third-order valence-electron chi connectivity index (χ3n) is 3.46. The smallest absolute Gasteiger partial charge is 0.342 e. The van der Waals surface area contributed by atoms with E-state index in [1.54, 1.807) is 12.1 Å². The van der Waals surface area contributed by atoms with Gasteiger partial charge in [0.15, 0.2) is 6.61 Å². The number of rotatable bonds is 8. The van der Waals surface area contributed by atoms with E-state index in [1.165, 1.54) is 36.9 Å². The van der Waals surface area contributed by atoms with Crippen LogP contribution in [0.1, 0.15) is 10.4 Å². The van der Waals surface area contributed by atoms with E-state index in [-0.39, 0.29) is 30.3 Å². The molecule has 1 saturated heterocycles. The fourth-order valence-electron chi connectivity index (χ4n) is 2.13. The Labute approximate surface area is 160 Å². The van der Waals surface area contributed by atoms with Gasteiger partial charge in [0, 0.05) is 19.2 Å². The Morgan fingerprint density at radius 2 is 2.08 bits per heavy atom. The second-order valence-corrected chi connectivity index (χ2v) is 6.70. The van der Waals surface area contributed by atoms with Gasteiger partial charge in [-0.1, -0.05) is 24.0 Å². The Hall–Kier alpha value is -2.33. The number of thiocarbonyl (C=S) groups is 1. The number of amides is 2. The van der Waals surface area contributed by atoms with Gasteiger partial charge >= 0.3 is 5.97 Å². The van der Waals surface area contributed by atoms with E-state index in [0.717, 1.165) is 0 Å². The zero-order valence-electron chi connectivity index (χ0n) is 14.3.